The zero-order valence-corrected chi connectivity index (χ0v) is 11.1. The fraction of sp³-hybridized carbons (Fsp3) is 0.818. The maximum atomic E-state index is 12.2. The fourth-order valence-corrected chi connectivity index (χ4v) is 2.41. The largest absolute Gasteiger partial charge is 0.481 e. The fourth-order valence-electron chi connectivity index (χ4n) is 2.41. The van der Waals surface area contributed by atoms with Crippen LogP contribution in [0.2, 0.25) is 0 Å². The molecule has 0 unspecified atom stereocenters. The molecule has 2 saturated heterocycles. The van der Waals surface area contributed by atoms with Crippen molar-refractivity contribution in [1.29, 1.82) is 0 Å². The van der Waals surface area contributed by atoms with Gasteiger partial charge in [-0.2, -0.15) is 0 Å². The van der Waals surface area contributed by atoms with E-state index in [1.165, 1.54) is 0 Å². The number of amides is 2. The summed E-state index contributed by atoms with van der Waals surface area (Å²) in [6, 6.07) is -0.00236. The third-order valence-corrected chi connectivity index (χ3v) is 3.43. The van der Waals surface area contributed by atoms with E-state index in [0.29, 0.717) is 32.6 Å². The average Bonchev–Trinajstić information content (AvgIpc) is 2.39. The van der Waals surface area contributed by atoms with Gasteiger partial charge in [-0.3, -0.25) is 4.79 Å². The molecule has 2 aliphatic heterocycles. The normalized spacial score (nSPS) is 24.3. The van der Waals surface area contributed by atoms with E-state index in [4.69, 9.17) is 5.11 Å². The van der Waals surface area contributed by atoms with Crippen molar-refractivity contribution in [3.05, 3.63) is 0 Å². The number of carbonyl (C=O) groups is 2. The highest BCUT2D eigenvalue weighted by molar-refractivity contribution is 5.85. The Labute approximate surface area is 113 Å². The molecule has 0 aromatic carbocycles. The van der Waals surface area contributed by atoms with Crippen molar-refractivity contribution < 1.29 is 14.7 Å². The van der Waals surface area contributed by atoms with Gasteiger partial charge < -0.3 is 20.2 Å². The number of hydrogen-bond donors (Lipinski definition) is 2. The summed E-state index contributed by atoms with van der Waals surface area (Å²) in [5.41, 5.74) is 0. The van der Waals surface area contributed by atoms with Gasteiger partial charge >= 0.3 is 12.0 Å². The number of halogens is 1. The van der Waals surface area contributed by atoms with Crippen LogP contribution >= 0.6 is 12.4 Å². The number of carbonyl (C=O) groups excluding carboxylic acids is 1. The smallest absolute Gasteiger partial charge is 0.320 e. The van der Waals surface area contributed by atoms with Crippen LogP contribution in [-0.4, -0.2) is 66.2 Å². The lowest BCUT2D eigenvalue weighted by Gasteiger charge is -2.36. The maximum Gasteiger partial charge on any atom is 0.320 e. The van der Waals surface area contributed by atoms with E-state index in [9.17, 15) is 9.59 Å². The predicted octanol–water partition coefficient (Wildman–Crippen LogP) is 0.230. The molecule has 104 valence electrons. The van der Waals surface area contributed by atoms with Gasteiger partial charge in [0.15, 0.2) is 0 Å². The first-order valence-electron chi connectivity index (χ1n) is 6.16. The number of carboxylic acids is 1. The second-order valence-corrected chi connectivity index (χ2v) is 4.64. The van der Waals surface area contributed by atoms with E-state index < -0.39 is 11.9 Å². The Morgan fingerprint density at radius 3 is 2.39 bits per heavy atom. The molecule has 0 aromatic heterocycles. The van der Waals surface area contributed by atoms with Crippen molar-refractivity contribution in [2.24, 2.45) is 5.92 Å². The highest BCUT2D eigenvalue weighted by Gasteiger charge is 2.30. The summed E-state index contributed by atoms with van der Waals surface area (Å²) in [4.78, 5) is 26.6. The van der Waals surface area contributed by atoms with Gasteiger partial charge in [0.1, 0.15) is 0 Å². The quantitative estimate of drug-likeness (QED) is 0.720. The number of nitrogens with zero attached hydrogens (tertiary/aromatic N) is 2. The van der Waals surface area contributed by atoms with E-state index in [-0.39, 0.29) is 18.4 Å². The molecule has 2 aliphatic rings. The van der Waals surface area contributed by atoms with Crippen LogP contribution in [0.1, 0.15) is 12.8 Å². The summed E-state index contributed by atoms with van der Waals surface area (Å²) in [6.45, 7) is 4.12. The molecule has 0 bridgehead atoms. The molecule has 6 nitrogen and oxygen atoms in total. The third-order valence-electron chi connectivity index (χ3n) is 3.43. The van der Waals surface area contributed by atoms with Gasteiger partial charge in [-0.1, -0.05) is 0 Å². The number of hydrogen-bond acceptors (Lipinski definition) is 3. The minimum atomic E-state index is -0.789. The van der Waals surface area contributed by atoms with E-state index in [1.807, 2.05) is 0 Å². The molecule has 0 spiro atoms. The molecule has 0 aliphatic carbocycles. The Bertz CT molecular complexity index is 308. The highest BCUT2D eigenvalue weighted by atomic mass is 35.5. The SMILES string of the molecule is Cl.O=C(O)[C@@H]1CCCN(C(=O)N2CCNCC2)C1. The number of piperazine rings is 1. The van der Waals surface area contributed by atoms with E-state index in [2.05, 4.69) is 5.32 Å². The first-order chi connectivity index (χ1) is 8.18. The molecule has 2 heterocycles. The van der Waals surface area contributed by atoms with Crippen LogP contribution in [0.5, 0.6) is 0 Å². The molecule has 0 radical (unpaired) electrons. The molecular weight excluding hydrogens is 258 g/mol. The van der Waals surface area contributed by atoms with Crippen molar-refractivity contribution >= 4 is 24.4 Å². The van der Waals surface area contributed by atoms with Gasteiger partial charge in [0.05, 0.1) is 5.92 Å². The van der Waals surface area contributed by atoms with Crippen molar-refractivity contribution in [3.63, 3.8) is 0 Å². The minimum Gasteiger partial charge on any atom is -0.481 e. The Hall–Kier alpha value is -1.01. The average molecular weight is 278 g/mol. The van der Waals surface area contributed by atoms with E-state index in [1.54, 1.807) is 9.80 Å². The molecule has 18 heavy (non-hydrogen) atoms. The zero-order chi connectivity index (χ0) is 12.3. The molecule has 2 amide bonds. The molecule has 7 heteroatoms. The Morgan fingerprint density at radius 1 is 1.11 bits per heavy atom. The topological polar surface area (TPSA) is 72.9 Å². The summed E-state index contributed by atoms with van der Waals surface area (Å²) in [7, 11) is 0. The number of likely N-dealkylation sites (tertiary alicyclic amines) is 1. The lowest BCUT2D eigenvalue weighted by atomic mass is 9.98. The maximum absolute atomic E-state index is 12.2. The van der Waals surface area contributed by atoms with E-state index >= 15 is 0 Å². The molecule has 2 fully saturated rings. The van der Waals surface area contributed by atoms with Crippen LogP contribution in [-0.2, 0) is 4.79 Å². The van der Waals surface area contributed by atoms with Crippen LogP contribution < -0.4 is 5.32 Å². The number of nitrogens with one attached hydrogen (secondary N) is 1. The van der Waals surface area contributed by atoms with Crippen molar-refractivity contribution in [3.8, 4) is 0 Å². The number of carboxylic acid groups (broad SMARTS) is 1. The Morgan fingerprint density at radius 2 is 1.78 bits per heavy atom. The van der Waals surface area contributed by atoms with Gasteiger partial charge in [0.25, 0.3) is 0 Å². The van der Waals surface area contributed by atoms with Crippen molar-refractivity contribution in [2.45, 2.75) is 12.8 Å². The minimum absolute atomic E-state index is 0. The predicted molar refractivity (Wildman–Crippen MR) is 69.0 cm³/mol. The lowest BCUT2D eigenvalue weighted by Crippen LogP contribution is -2.54. The highest BCUT2D eigenvalue weighted by Crippen LogP contribution is 2.18. The zero-order valence-electron chi connectivity index (χ0n) is 10.3. The number of rotatable bonds is 1. The first kappa shape index (κ1) is 15.0. The second kappa shape index (κ2) is 6.80. The summed E-state index contributed by atoms with van der Waals surface area (Å²) in [5, 5.41) is 12.2. The molecular formula is C11H20ClN3O3. The lowest BCUT2D eigenvalue weighted by molar-refractivity contribution is -0.143. The third kappa shape index (κ3) is 3.49. The van der Waals surface area contributed by atoms with Crippen molar-refractivity contribution in [2.75, 3.05) is 39.3 Å². The van der Waals surface area contributed by atoms with Gasteiger partial charge in [0.2, 0.25) is 0 Å². The monoisotopic (exact) mass is 277 g/mol. The van der Waals surface area contributed by atoms with Crippen LogP contribution in [0.4, 0.5) is 4.79 Å². The standard InChI is InChI=1S/C11H19N3O3.ClH/c15-10(16)9-2-1-5-14(8-9)11(17)13-6-3-12-4-7-13;/h9,12H,1-8H2,(H,15,16);1H/t9-;/m1./s1. The van der Waals surface area contributed by atoms with Crippen LogP contribution in [0.15, 0.2) is 0 Å². The Balaban J connectivity index is 0.00000162. The molecule has 2 N–H and O–H groups in total. The van der Waals surface area contributed by atoms with Crippen LogP contribution in [0, 0.1) is 5.92 Å². The first-order valence-corrected chi connectivity index (χ1v) is 6.16. The number of piperidine rings is 1. The molecule has 1 atom stereocenters. The van der Waals surface area contributed by atoms with Crippen molar-refractivity contribution in [1.82, 2.24) is 15.1 Å². The molecule has 2 rings (SSSR count). The van der Waals surface area contributed by atoms with Crippen LogP contribution in [0.25, 0.3) is 0 Å². The summed E-state index contributed by atoms with van der Waals surface area (Å²) in [5.74, 6) is -1.18. The summed E-state index contributed by atoms with van der Waals surface area (Å²) >= 11 is 0. The van der Waals surface area contributed by atoms with Gasteiger partial charge in [-0.15, -0.1) is 12.4 Å². The van der Waals surface area contributed by atoms with Gasteiger partial charge in [-0.25, -0.2) is 4.79 Å². The Kier molecular flexibility index (Phi) is 5.68. The second-order valence-electron chi connectivity index (χ2n) is 4.64. The van der Waals surface area contributed by atoms with Gasteiger partial charge in [0, 0.05) is 39.3 Å². The van der Waals surface area contributed by atoms with Crippen LogP contribution in [0.3, 0.4) is 0 Å². The van der Waals surface area contributed by atoms with E-state index in [0.717, 1.165) is 19.5 Å². The molecule has 0 aromatic rings. The summed E-state index contributed by atoms with van der Waals surface area (Å²) in [6.07, 6.45) is 1.47. The molecule has 0 saturated carbocycles. The summed E-state index contributed by atoms with van der Waals surface area (Å²) < 4.78 is 0. The number of aliphatic carboxylic acids is 1. The number of urea groups is 1. The van der Waals surface area contributed by atoms with Gasteiger partial charge in [-0.05, 0) is 12.8 Å².